The second-order valence-electron chi connectivity index (χ2n) is 10.6. The summed E-state index contributed by atoms with van der Waals surface area (Å²) in [4.78, 5) is 41.6. The predicted octanol–water partition coefficient (Wildman–Crippen LogP) is 5.96. The van der Waals surface area contributed by atoms with Crippen molar-refractivity contribution in [2.24, 2.45) is 0 Å². The van der Waals surface area contributed by atoms with E-state index in [0.29, 0.717) is 13.1 Å². The quantitative estimate of drug-likeness (QED) is 0.180. The van der Waals surface area contributed by atoms with E-state index in [2.05, 4.69) is 37.1 Å². The highest BCUT2D eigenvalue weighted by atomic mass is 32.1. The van der Waals surface area contributed by atoms with Crippen molar-refractivity contribution in [3.8, 4) is 0 Å². The fraction of sp³-hybridized carbons (Fsp3) is 0.690. The van der Waals surface area contributed by atoms with E-state index in [-0.39, 0.29) is 17.6 Å². The van der Waals surface area contributed by atoms with E-state index in [9.17, 15) is 14.4 Å². The van der Waals surface area contributed by atoms with Gasteiger partial charge in [-0.25, -0.2) is 4.79 Å². The Bertz CT molecular complexity index is 841. The van der Waals surface area contributed by atoms with Crippen LogP contribution in [-0.2, 0) is 14.3 Å². The van der Waals surface area contributed by atoms with Crippen molar-refractivity contribution in [2.45, 2.75) is 111 Å². The molecule has 0 aliphatic carbocycles. The summed E-state index contributed by atoms with van der Waals surface area (Å²) in [5.41, 5.74) is 1.02. The first kappa shape index (κ1) is 32.8. The van der Waals surface area contributed by atoms with E-state index in [0.717, 1.165) is 56.1 Å². The summed E-state index contributed by atoms with van der Waals surface area (Å²) in [6.45, 7) is 12.5. The Morgan fingerprint density at radius 2 is 1.59 bits per heavy atom. The van der Waals surface area contributed by atoms with Crippen LogP contribution in [0, 0.1) is 6.92 Å². The smallest absolute Gasteiger partial charge is 0.408 e. The molecule has 37 heavy (non-hydrogen) atoms. The molecule has 0 fully saturated rings. The second kappa shape index (κ2) is 17.3. The standard InChI is InChI=1S/C29H49N3O4S/c1-7-9-11-12-13-16-20-32(27(34)24(21-37)31-28(35)36-29(4,5)6)25(26(33)30-19-10-8-2)23-18-15-14-17-22(23)3/h14-15,17-18,24-25,37H,7-13,16,19-21H2,1-6H3,(H,30,33)(H,31,35). The minimum atomic E-state index is -0.923. The Hall–Kier alpha value is -2.22. The van der Waals surface area contributed by atoms with Gasteiger partial charge >= 0.3 is 6.09 Å². The van der Waals surface area contributed by atoms with E-state index >= 15 is 0 Å². The molecule has 0 saturated carbocycles. The molecule has 2 atom stereocenters. The van der Waals surface area contributed by atoms with Gasteiger partial charge in [0.25, 0.3) is 0 Å². The molecule has 210 valence electrons. The first-order valence-electron chi connectivity index (χ1n) is 13.8. The molecule has 0 aromatic heterocycles. The number of rotatable bonds is 16. The highest BCUT2D eigenvalue weighted by Gasteiger charge is 2.36. The van der Waals surface area contributed by atoms with E-state index in [4.69, 9.17) is 4.74 Å². The van der Waals surface area contributed by atoms with Crippen LogP contribution < -0.4 is 10.6 Å². The van der Waals surface area contributed by atoms with Gasteiger partial charge in [0.15, 0.2) is 0 Å². The summed E-state index contributed by atoms with van der Waals surface area (Å²) < 4.78 is 5.38. The SMILES string of the molecule is CCCCCCCCN(C(=O)C(CS)NC(=O)OC(C)(C)C)C(C(=O)NCCCC)c1ccccc1C. The summed E-state index contributed by atoms with van der Waals surface area (Å²) in [5, 5.41) is 5.70. The Morgan fingerprint density at radius 3 is 2.19 bits per heavy atom. The van der Waals surface area contributed by atoms with Crippen LogP contribution in [-0.4, -0.2) is 53.3 Å². The monoisotopic (exact) mass is 535 g/mol. The molecule has 1 rings (SSSR count). The Labute approximate surface area is 229 Å². The molecule has 8 heteroatoms. The zero-order valence-electron chi connectivity index (χ0n) is 23.8. The van der Waals surface area contributed by atoms with Gasteiger partial charge in [-0.1, -0.05) is 76.6 Å². The van der Waals surface area contributed by atoms with Gasteiger partial charge in [-0.3, -0.25) is 9.59 Å². The van der Waals surface area contributed by atoms with Crippen molar-refractivity contribution >= 4 is 30.5 Å². The number of carbonyl (C=O) groups is 3. The molecular weight excluding hydrogens is 486 g/mol. The normalized spacial score (nSPS) is 12.9. The maximum Gasteiger partial charge on any atom is 0.408 e. The van der Waals surface area contributed by atoms with Crippen LogP contribution in [0.4, 0.5) is 4.79 Å². The molecule has 0 aliphatic rings. The molecule has 2 unspecified atom stereocenters. The number of benzene rings is 1. The lowest BCUT2D eigenvalue weighted by Crippen LogP contribution is -2.54. The number of amides is 3. The molecule has 3 amide bonds. The molecule has 0 radical (unpaired) electrons. The summed E-state index contributed by atoms with van der Waals surface area (Å²) in [6, 6.07) is 5.93. The van der Waals surface area contributed by atoms with Crippen molar-refractivity contribution in [2.75, 3.05) is 18.8 Å². The third-order valence-electron chi connectivity index (χ3n) is 6.08. The number of carbonyl (C=O) groups excluding carboxylic acids is 3. The van der Waals surface area contributed by atoms with Crippen LogP contribution in [0.5, 0.6) is 0 Å². The highest BCUT2D eigenvalue weighted by molar-refractivity contribution is 7.80. The minimum absolute atomic E-state index is 0.0863. The number of hydrogen-bond acceptors (Lipinski definition) is 5. The lowest BCUT2D eigenvalue weighted by atomic mass is 9.97. The van der Waals surface area contributed by atoms with E-state index < -0.39 is 23.8 Å². The fourth-order valence-corrected chi connectivity index (χ4v) is 4.34. The van der Waals surface area contributed by atoms with Gasteiger partial charge in [-0.15, -0.1) is 0 Å². The number of hydrogen-bond donors (Lipinski definition) is 3. The zero-order valence-corrected chi connectivity index (χ0v) is 24.7. The van der Waals surface area contributed by atoms with Crippen molar-refractivity contribution in [1.82, 2.24) is 15.5 Å². The maximum atomic E-state index is 13.9. The number of unbranched alkanes of at least 4 members (excludes halogenated alkanes) is 6. The molecule has 0 saturated heterocycles. The lowest BCUT2D eigenvalue weighted by Gasteiger charge is -2.35. The predicted molar refractivity (Wildman–Crippen MR) is 154 cm³/mol. The number of thiol groups is 1. The van der Waals surface area contributed by atoms with Crippen molar-refractivity contribution in [3.63, 3.8) is 0 Å². The first-order valence-corrected chi connectivity index (χ1v) is 14.4. The summed E-state index contributed by atoms with van der Waals surface area (Å²) in [6.07, 6.45) is 7.46. The van der Waals surface area contributed by atoms with Crippen LogP contribution in [0.25, 0.3) is 0 Å². The number of ether oxygens (including phenoxy) is 1. The molecule has 1 aromatic rings. The molecule has 1 aromatic carbocycles. The number of nitrogens with zero attached hydrogens (tertiary/aromatic N) is 1. The largest absolute Gasteiger partial charge is 0.444 e. The summed E-state index contributed by atoms with van der Waals surface area (Å²) >= 11 is 4.36. The third-order valence-corrected chi connectivity index (χ3v) is 6.45. The van der Waals surface area contributed by atoms with Gasteiger partial charge in [0.05, 0.1) is 0 Å². The van der Waals surface area contributed by atoms with Gasteiger partial charge in [0, 0.05) is 18.8 Å². The van der Waals surface area contributed by atoms with Crippen LogP contribution in [0.3, 0.4) is 0 Å². The molecular formula is C29H49N3O4S. The third kappa shape index (κ3) is 12.2. The topological polar surface area (TPSA) is 87.7 Å². The van der Waals surface area contributed by atoms with E-state index in [1.54, 1.807) is 25.7 Å². The van der Waals surface area contributed by atoms with Crippen LogP contribution >= 0.6 is 12.6 Å². The van der Waals surface area contributed by atoms with Crippen molar-refractivity contribution in [1.29, 1.82) is 0 Å². The van der Waals surface area contributed by atoms with Crippen molar-refractivity contribution < 1.29 is 19.1 Å². The average Bonchev–Trinajstić information content (AvgIpc) is 2.83. The Kier molecular flexibility index (Phi) is 15.4. The zero-order chi connectivity index (χ0) is 27.8. The summed E-state index contributed by atoms with van der Waals surface area (Å²) in [5.74, 6) is -0.464. The molecule has 7 nitrogen and oxygen atoms in total. The Morgan fingerprint density at radius 1 is 0.973 bits per heavy atom. The molecule has 2 N–H and O–H groups in total. The Balaban J connectivity index is 3.30. The van der Waals surface area contributed by atoms with Crippen LogP contribution in [0.2, 0.25) is 0 Å². The van der Waals surface area contributed by atoms with Crippen LogP contribution in [0.1, 0.15) is 103 Å². The number of nitrogens with one attached hydrogen (secondary N) is 2. The molecule has 0 heterocycles. The summed E-state index contributed by atoms with van der Waals surface area (Å²) in [7, 11) is 0. The lowest BCUT2D eigenvalue weighted by molar-refractivity contribution is -0.142. The minimum Gasteiger partial charge on any atom is -0.444 e. The fourth-order valence-electron chi connectivity index (χ4n) is 4.09. The molecule has 0 spiro atoms. The average molecular weight is 536 g/mol. The first-order chi connectivity index (χ1) is 17.6. The second-order valence-corrected chi connectivity index (χ2v) is 10.9. The van der Waals surface area contributed by atoms with Crippen molar-refractivity contribution in [3.05, 3.63) is 35.4 Å². The number of alkyl carbamates (subject to hydrolysis) is 1. The van der Waals surface area contributed by atoms with Gasteiger partial charge in [0.2, 0.25) is 11.8 Å². The van der Waals surface area contributed by atoms with E-state index in [1.807, 2.05) is 31.2 Å². The molecule has 0 bridgehead atoms. The maximum absolute atomic E-state index is 13.9. The van der Waals surface area contributed by atoms with Gasteiger partial charge < -0.3 is 20.3 Å². The van der Waals surface area contributed by atoms with Gasteiger partial charge in [-0.05, 0) is 51.7 Å². The molecule has 0 aliphatic heterocycles. The highest BCUT2D eigenvalue weighted by Crippen LogP contribution is 2.26. The van der Waals surface area contributed by atoms with Gasteiger partial charge in [-0.2, -0.15) is 12.6 Å². The van der Waals surface area contributed by atoms with E-state index in [1.165, 1.54) is 6.42 Å². The number of aryl methyl sites for hydroxylation is 1. The van der Waals surface area contributed by atoms with Gasteiger partial charge in [0.1, 0.15) is 17.7 Å². The van der Waals surface area contributed by atoms with Crippen LogP contribution in [0.15, 0.2) is 24.3 Å².